The highest BCUT2D eigenvalue weighted by atomic mass is 16.5. The van der Waals surface area contributed by atoms with Crippen molar-refractivity contribution in [2.24, 2.45) is 5.92 Å². The number of piperidine rings is 1. The van der Waals surface area contributed by atoms with Crippen molar-refractivity contribution < 1.29 is 19.1 Å². The average Bonchev–Trinajstić information content (AvgIpc) is 2.88. The lowest BCUT2D eigenvalue weighted by molar-refractivity contribution is -0.134. The zero-order chi connectivity index (χ0) is 24.7. The van der Waals surface area contributed by atoms with E-state index in [1.165, 1.54) is 0 Å². The second kappa shape index (κ2) is 11.7. The molecule has 0 unspecified atom stereocenters. The number of amides is 3. The van der Waals surface area contributed by atoms with Crippen LogP contribution in [0.3, 0.4) is 0 Å². The number of aryl methyl sites for hydroxylation is 1. The van der Waals surface area contributed by atoms with Gasteiger partial charge in [0.25, 0.3) is 11.8 Å². The highest BCUT2D eigenvalue weighted by Gasteiger charge is 2.35. The molecule has 2 aromatic rings. The van der Waals surface area contributed by atoms with Gasteiger partial charge in [0.1, 0.15) is 11.8 Å². The van der Waals surface area contributed by atoms with Crippen molar-refractivity contribution in [1.29, 1.82) is 0 Å². The van der Waals surface area contributed by atoms with E-state index in [-0.39, 0.29) is 23.6 Å². The van der Waals surface area contributed by atoms with E-state index in [9.17, 15) is 14.4 Å². The average molecular weight is 466 g/mol. The van der Waals surface area contributed by atoms with E-state index < -0.39 is 6.04 Å². The van der Waals surface area contributed by atoms with Crippen LogP contribution in [0.1, 0.15) is 53.0 Å². The number of likely N-dealkylation sites (tertiary alicyclic amines) is 1. The Bertz CT molecular complexity index is 993. The molecule has 1 heterocycles. The first kappa shape index (κ1) is 25.3. The number of nitrogens with zero attached hydrogens (tertiary/aromatic N) is 2. The van der Waals surface area contributed by atoms with Crippen molar-refractivity contribution in [1.82, 2.24) is 15.1 Å². The van der Waals surface area contributed by atoms with Gasteiger partial charge in [-0.3, -0.25) is 14.4 Å². The van der Waals surface area contributed by atoms with Crippen LogP contribution in [0.5, 0.6) is 5.75 Å². The fraction of sp³-hybridized carbons (Fsp3) is 0.444. The standard InChI is InChI=1S/C27H35N3O4/c1-5-29(6-2)27(33)24(28-25(31)21-12-10-19(3)11-13-21)20-14-16-30(17-15-20)26(32)22-8-7-9-23(18-22)34-4/h7-13,18,20,24H,5-6,14-17H2,1-4H3,(H,28,31)/t24-/m1/s1. The molecule has 34 heavy (non-hydrogen) atoms. The Hall–Kier alpha value is -3.35. The lowest BCUT2D eigenvalue weighted by Gasteiger charge is -2.37. The molecule has 1 atom stereocenters. The van der Waals surface area contributed by atoms with E-state index in [0.29, 0.717) is 55.9 Å². The van der Waals surface area contributed by atoms with Crippen molar-refractivity contribution in [3.63, 3.8) is 0 Å². The molecule has 0 aliphatic carbocycles. The van der Waals surface area contributed by atoms with Crippen LogP contribution in [0, 0.1) is 12.8 Å². The summed E-state index contributed by atoms with van der Waals surface area (Å²) in [6.07, 6.45) is 1.28. The number of methoxy groups -OCH3 is 1. The molecule has 0 bridgehead atoms. The van der Waals surface area contributed by atoms with Gasteiger partial charge in [0, 0.05) is 37.3 Å². The highest BCUT2D eigenvalue weighted by Crippen LogP contribution is 2.25. The highest BCUT2D eigenvalue weighted by molar-refractivity contribution is 5.98. The predicted octanol–water partition coefficient (Wildman–Crippen LogP) is 3.52. The number of nitrogens with one attached hydrogen (secondary N) is 1. The molecule has 1 N–H and O–H groups in total. The molecule has 1 aliphatic rings. The van der Waals surface area contributed by atoms with Gasteiger partial charge in [-0.15, -0.1) is 0 Å². The maximum absolute atomic E-state index is 13.3. The number of benzene rings is 2. The number of hydrogen-bond acceptors (Lipinski definition) is 4. The third kappa shape index (κ3) is 5.95. The summed E-state index contributed by atoms with van der Waals surface area (Å²) in [5, 5.41) is 3.01. The third-order valence-corrected chi connectivity index (χ3v) is 6.56. The zero-order valence-corrected chi connectivity index (χ0v) is 20.5. The minimum atomic E-state index is -0.622. The monoisotopic (exact) mass is 465 g/mol. The third-order valence-electron chi connectivity index (χ3n) is 6.56. The van der Waals surface area contributed by atoms with Gasteiger partial charge >= 0.3 is 0 Å². The molecule has 1 fully saturated rings. The van der Waals surface area contributed by atoms with E-state index in [1.54, 1.807) is 42.3 Å². The van der Waals surface area contributed by atoms with Crippen LogP contribution in [0.4, 0.5) is 0 Å². The molecule has 0 radical (unpaired) electrons. The number of likely N-dealkylation sites (N-methyl/N-ethyl adjacent to an activating group) is 1. The van der Waals surface area contributed by atoms with Gasteiger partial charge in [-0.25, -0.2) is 0 Å². The number of rotatable bonds is 8. The van der Waals surface area contributed by atoms with E-state index in [2.05, 4.69) is 5.32 Å². The Morgan fingerprint density at radius 3 is 2.26 bits per heavy atom. The zero-order valence-electron chi connectivity index (χ0n) is 20.5. The largest absolute Gasteiger partial charge is 0.497 e. The fourth-order valence-electron chi connectivity index (χ4n) is 4.42. The van der Waals surface area contributed by atoms with E-state index in [0.717, 1.165) is 5.56 Å². The molecule has 3 amide bonds. The number of hydrogen-bond donors (Lipinski definition) is 1. The molecule has 7 nitrogen and oxygen atoms in total. The maximum Gasteiger partial charge on any atom is 0.253 e. The Labute approximate surface area is 202 Å². The minimum absolute atomic E-state index is 0.0446. The van der Waals surface area contributed by atoms with Gasteiger partial charge in [-0.05, 0) is 69.9 Å². The molecular weight excluding hydrogens is 430 g/mol. The second-order valence-electron chi connectivity index (χ2n) is 8.69. The van der Waals surface area contributed by atoms with Gasteiger partial charge < -0.3 is 19.9 Å². The van der Waals surface area contributed by atoms with Crippen LogP contribution in [-0.2, 0) is 4.79 Å². The molecule has 1 saturated heterocycles. The van der Waals surface area contributed by atoms with Crippen LogP contribution in [0.25, 0.3) is 0 Å². The quantitative estimate of drug-likeness (QED) is 0.647. The summed E-state index contributed by atoms with van der Waals surface area (Å²) >= 11 is 0. The summed E-state index contributed by atoms with van der Waals surface area (Å²) in [4.78, 5) is 42.9. The molecule has 0 saturated carbocycles. The number of ether oxygens (including phenoxy) is 1. The van der Waals surface area contributed by atoms with Crippen molar-refractivity contribution in [3.8, 4) is 5.75 Å². The Morgan fingerprint density at radius 2 is 1.68 bits per heavy atom. The summed E-state index contributed by atoms with van der Waals surface area (Å²) in [5.74, 6) is 0.234. The Balaban J connectivity index is 1.72. The number of carbonyl (C=O) groups is 3. The molecule has 182 valence electrons. The smallest absolute Gasteiger partial charge is 0.253 e. The molecule has 0 aromatic heterocycles. The summed E-state index contributed by atoms with van der Waals surface area (Å²) < 4.78 is 5.24. The van der Waals surface area contributed by atoms with E-state index in [1.807, 2.05) is 43.9 Å². The molecule has 0 spiro atoms. The van der Waals surface area contributed by atoms with Crippen LogP contribution in [-0.4, -0.2) is 66.9 Å². The first-order valence-electron chi connectivity index (χ1n) is 12.0. The van der Waals surface area contributed by atoms with Crippen LogP contribution in [0.15, 0.2) is 48.5 Å². The topological polar surface area (TPSA) is 79.0 Å². The van der Waals surface area contributed by atoms with Gasteiger partial charge in [0.05, 0.1) is 7.11 Å². The Morgan fingerprint density at radius 1 is 1.03 bits per heavy atom. The van der Waals surface area contributed by atoms with Crippen LogP contribution < -0.4 is 10.1 Å². The van der Waals surface area contributed by atoms with Gasteiger partial charge in [-0.1, -0.05) is 23.8 Å². The van der Waals surface area contributed by atoms with Gasteiger partial charge in [-0.2, -0.15) is 0 Å². The van der Waals surface area contributed by atoms with Crippen LogP contribution >= 0.6 is 0 Å². The number of carbonyl (C=O) groups excluding carboxylic acids is 3. The summed E-state index contributed by atoms with van der Waals surface area (Å²) in [7, 11) is 1.58. The normalized spacial score (nSPS) is 14.9. The second-order valence-corrected chi connectivity index (χ2v) is 8.69. The maximum atomic E-state index is 13.3. The van der Waals surface area contributed by atoms with E-state index in [4.69, 9.17) is 4.74 Å². The Kier molecular flexibility index (Phi) is 8.68. The van der Waals surface area contributed by atoms with Gasteiger partial charge in [0.2, 0.25) is 5.91 Å². The summed E-state index contributed by atoms with van der Waals surface area (Å²) in [5.41, 5.74) is 2.19. The first-order valence-corrected chi connectivity index (χ1v) is 12.0. The molecule has 3 rings (SSSR count). The van der Waals surface area contributed by atoms with Gasteiger partial charge in [0.15, 0.2) is 0 Å². The fourth-order valence-corrected chi connectivity index (χ4v) is 4.42. The molecule has 2 aromatic carbocycles. The van der Waals surface area contributed by atoms with Crippen molar-refractivity contribution in [2.45, 2.75) is 39.7 Å². The van der Waals surface area contributed by atoms with Crippen molar-refractivity contribution in [3.05, 3.63) is 65.2 Å². The molecule has 1 aliphatic heterocycles. The predicted molar refractivity (Wildman–Crippen MR) is 132 cm³/mol. The lowest BCUT2D eigenvalue weighted by Crippen LogP contribution is -2.54. The minimum Gasteiger partial charge on any atom is -0.497 e. The lowest BCUT2D eigenvalue weighted by atomic mass is 9.87. The summed E-state index contributed by atoms with van der Waals surface area (Å²) in [6, 6.07) is 13.8. The van der Waals surface area contributed by atoms with Crippen LogP contribution in [0.2, 0.25) is 0 Å². The summed E-state index contributed by atoms with van der Waals surface area (Å²) in [6.45, 7) is 8.07. The molecule has 7 heteroatoms. The van der Waals surface area contributed by atoms with Crippen molar-refractivity contribution in [2.75, 3.05) is 33.3 Å². The SMILES string of the molecule is CCN(CC)C(=O)[C@H](NC(=O)c1ccc(C)cc1)C1CCN(C(=O)c2cccc(OC)c2)CC1. The van der Waals surface area contributed by atoms with Crippen molar-refractivity contribution >= 4 is 17.7 Å². The first-order chi connectivity index (χ1) is 16.4. The molecular formula is C27H35N3O4. The van der Waals surface area contributed by atoms with E-state index >= 15 is 0 Å².